The van der Waals surface area contributed by atoms with Gasteiger partial charge in [-0.05, 0) is 77.5 Å². The third kappa shape index (κ3) is 5.30. The van der Waals surface area contributed by atoms with Crippen LogP contribution in [0.2, 0.25) is 0 Å². The first kappa shape index (κ1) is 22.3. The first-order valence-corrected chi connectivity index (χ1v) is 10.7. The minimum Gasteiger partial charge on any atom is -0.497 e. The fourth-order valence-corrected chi connectivity index (χ4v) is 3.92. The number of nitrogens with zero attached hydrogens (tertiary/aromatic N) is 1. The van der Waals surface area contributed by atoms with Gasteiger partial charge in [0.05, 0.1) is 24.1 Å². The van der Waals surface area contributed by atoms with Crippen molar-refractivity contribution < 1.29 is 28.2 Å². The highest BCUT2D eigenvalue weighted by Gasteiger charge is 2.34. The lowest BCUT2D eigenvalue weighted by Gasteiger charge is -2.12. The van der Waals surface area contributed by atoms with Crippen LogP contribution in [0, 0.1) is 5.82 Å². The predicted molar refractivity (Wildman–Crippen MR) is 122 cm³/mol. The molecule has 8 heteroatoms. The molecule has 166 valence electrons. The van der Waals surface area contributed by atoms with Crippen LogP contribution in [-0.2, 0) is 11.3 Å². The molecule has 0 bridgehead atoms. The molecule has 0 spiro atoms. The largest absolute Gasteiger partial charge is 0.497 e. The van der Waals surface area contributed by atoms with Gasteiger partial charge in [-0.2, -0.15) is 0 Å². The van der Waals surface area contributed by atoms with Crippen LogP contribution in [0.15, 0.2) is 77.7 Å². The molecule has 0 atom stereocenters. The zero-order valence-electron chi connectivity index (χ0n) is 17.5. The molecule has 6 nitrogen and oxygen atoms in total. The number of benzene rings is 3. The Hall–Kier alpha value is -3.91. The van der Waals surface area contributed by atoms with Crippen molar-refractivity contribution in [2.75, 3.05) is 7.11 Å². The Morgan fingerprint density at radius 2 is 1.58 bits per heavy atom. The van der Waals surface area contributed by atoms with Crippen molar-refractivity contribution in [1.82, 2.24) is 4.90 Å². The molecule has 0 aliphatic carbocycles. The molecule has 1 aliphatic heterocycles. The summed E-state index contributed by atoms with van der Waals surface area (Å²) in [7, 11) is 1.54. The van der Waals surface area contributed by atoms with E-state index in [1.165, 1.54) is 24.3 Å². The summed E-state index contributed by atoms with van der Waals surface area (Å²) in [5, 5.41) is -0.388. The Kier molecular flexibility index (Phi) is 6.55. The van der Waals surface area contributed by atoms with Crippen molar-refractivity contribution in [3.63, 3.8) is 0 Å². The molecule has 1 heterocycles. The van der Waals surface area contributed by atoms with Crippen molar-refractivity contribution in [1.29, 1.82) is 0 Å². The van der Waals surface area contributed by atoms with Gasteiger partial charge in [-0.25, -0.2) is 9.18 Å². The number of carbonyl (C=O) groups is 3. The van der Waals surface area contributed by atoms with Gasteiger partial charge in [-0.1, -0.05) is 24.3 Å². The molecular weight excluding hydrogens is 445 g/mol. The Morgan fingerprint density at radius 1 is 0.939 bits per heavy atom. The van der Waals surface area contributed by atoms with Gasteiger partial charge < -0.3 is 9.47 Å². The van der Waals surface area contributed by atoms with Gasteiger partial charge in [-0.3, -0.25) is 14.5 Å². The van der Waals surface area contributed by atoms with E-state index in [1.54, 1.807) is 61.7 Å². The Morgan fingerprint density at radius 3 is 2.21 bits per heavy atom. The van der Waals surface area contributed by atoms with E-state index in [4.69, 9.17) is 9.47 Å². The SMILES string of the molecule is COc1ccc(C(=O)Oc2ccc(/C=C3\SC(=O)N(Cc4ccc(F)cc4)C3=O)cc2)cc1. The number of methoxy groups -OCH3 is 1. The first-order valence-electron chi connectivity index (χ1n) is 9.89. The molecule has 0 radical (unpaired) electrons. The molecule has 0 saturated carbocycles. The molecule has 1 saturated heterocycles. The van der Waals surface area contributed by atoms with Crippen molar-refractivity contribution in [2.24, 2.45) is 0 Å². The predicted octanol–water partition coefficient (Wildman–Crippen LogP) is 5.29. The summed E-state index contributed by atoms with van der Waals surface area (Å²) < 4.78 is 23.5. The Balaban J connectivity index is 1.41. The van der Waals surface area contributed by atoms with E-state index >= 15 is 0 Å². The minimum atomic E-state index is -0.507. The normalized spacial score (nSPS) is 14.6. The van der Waals surface area contributed by atoms with Gasteiger partial charge in [0.15, 0.2) is 0 Å². The molecule has 0 aromatic heterocycles. The number of amides is 2. The van der Waals surface area contributed by atoms with Crippen molar-refractivity contribution in [2.45, 2.75) is 6.54 Å². The maximum atomic E-state index is 13.1. The third-order valence-corrected chi connectivity index (χ3v) is 5.75. The summed E-state index contributed by atoms with van der Waals surface area (Å²) in [4.78, 5) is 38.6. The van der Waals surface area contributed by atoms with E-state index in [0.29, 0.717) is 28.2 Å². The van der Waals surface area contributed by atoms with E-state index in [0.717, 1.165) is 16.7 Å². The van der Waals surface area contributed by atoms with E-state index in [-0.39, 0.29) is 22.5 Å². The second-order valence-corrected chi connectivity index (χ2v) is 8.07. The second kappa shape index (κ2) is 9.70. The molecule has 1 aliphatic rings. The summed E-state index contributed by atoms with van der Waals surface area (Å²) in [6.45, 7) is 0.0720. The second-order valence-electron chi connectivity index (χ2n) is 7.08. The van der Waals surface area contributed by atoms with Crippen LogP contribution in [0.1, 0.15) is 21.5 Å². The van der Waals surface area contributed by atoms with Gasteiger partial charge in [0.25, 0.3) is 11.1 Å². The van der Waals surface area contributed by atoms with Crippen LogP contribution in [-0.4, -0.2) is 29.1 Å². The lowest BCUT2D eigenvalue weighted by Crippen LogP contribution is -2.27. The molecule has 0 N–H and O–H groups in total. The molecular formula is C25H18FNO5S. The first-order chi connectivity index (χ1) is 15.9. The number of esters is 1. The van der Waals surface area contributed by atoms with Crippen LogP contribution in [0.3, 0.4) is 0 Å². The number of hydrogen-bond donors (Lipinski definition) is 0. The highest BCUT2D eigenvalue weighted by molar-refractivity contribution is 8.18. The van der Waals surface area contributed by atoms with Crippen LogP contribution in [0.5, 0.6) is 11.5 Å². The molecule has 3 aromatic rings. The van der Waals surface area contributed by atoms with Crippen molar-refractivity contribution in [3.8, 4) is 11.5 Å². The fraction of sp³-hybridized carbons (Fsp3) is 0.0800. The van der Waals surface area contributed by atoms with Crippen molar-refractivity contribution in [3.05, 3.63) is 100 Å². The van der Waals surface area contributed by atoms with E-state index in [9.17, 15) is 18.8 Å². The van der Waals surface area contributed by atoms with Gasteiger partial charge in [0.2, 0.25) is 0 Å². The average molecular weight is 463 g/mol. The summed E-state index contributed by atoms with van der Waals surface area (Å²) in [6, 6.07) is 18.8. The Bertz CT molecular complexity index is 1220. The number of imide groups is 1. The highest BCUT2D eigenvalue weighted by Crippen LogP contribution is 2.33. The van der Waals surface area contributed by atoms with Crippen LogP contribution in [0.25, 0.3) is 6.08 Å². The minimum absolute atomic E-state index is 0.0720. The van der Waals surface area contributed by atoms with Crippen LogP contribution in [0.4, 0.5) is 9.18 Å². The monoisotopic (exact) mass is 463 g/mol. The number of rotatable bonds is 6. The number of ether oxygens (including phenoxy) is 2. The number of carbonyl (C=O) groups excluding carboxylic acids is 3. The zero-order chi connectivity index (χ0) is 23.4. The van der Waals surface area contributed by atoms with E-state index in [2.05, 4.69) is 0 Å². The van der Waals surface area contributed by atoms with Gasteiger partial charge >= 0.3 is 5.97 Å². The molecule has 4 rings (SSSR count). The number of halogens is 1. The van der Waals surface area contributed by atoms with E-state index < -0.39 is 11.9 Å². The standard InChI is InChI=1S/C25H18FNO5S/c1-31-20-12-6-18(7-13-20)24(29)32-21-10-4-16(5-11-21)14-22-23(28)27(25(30)33-22)15-17-2-8-19(26)9-3-17/h2-14H,15H2,1H3/b22-14-. The fourth-order valence-electron chi connectivity index (χ4n) is 3.09. The topological polar surface area (TPSA) is 72.9 Å². The summed E-state index contributed by atoms with van der Waals surface area (Å²) in [6.07, 6.45) is 1.60. The number of thioether (sulfide) groups is 1. The summed E-state index contributed by atoms with van der Waals surface area (Å²) in [5.41, 5.74) is 1.71. The Labute approximate surface area is 193 Å². The lowest BCUT2D eigenvalue weighted by molar-refractivity contribution is -0.123. The molecule has 0 unspecified atom stereocenters. The lowest BCUT2D eigenvalue weighted by atomic mass is 10.2. The maximum Gasteiger partial charge on any atom is 0.343 e. The quantitative estimate of drug-likeness (QED) is 0.281. The average Bonchev–Trinajstić information content (AvgIpc) is 3.09. The van der Waals surface area contributed by atoms with Crippen LogP contribution < -0.4 is 9.47 Å². The zero-order valence-corrected chi connectivity index (χ0v) is 18.3. The smallest absolute Gasteiger partial charge is 0.343 e. The highest BCUT2D eigenvalue weighted by atomic mass is 32.2. The van der Waals surface area contributed by atoms with Crippen LogP contribution >= 0.6 is 11.8 Å². The summed E-state index contributed by atoms with van der Waals surface area (Å²) >= 11 is 0.843. The van der Waals surface area contributed by atoms with E-state index in [1.807, 2.05) is 0 Å². The van der Waals surface area contributed by atoms with Crippen molar-refractivity contribution >= 4 is 35.0 Å². The molecule has 33 heavy (non-hydrogen) atoms. The number of hydrogen-bond acceptors (Lipinski definition) is 6. The van der Waals surface area contributed by atoms with Gasteiger partial charge in [0.1, 0.15) is 17.3 Å². The van der Waals surface area contributed by atoms with Gasteiger partial charge in [-0.15, -0.1) is 0 Å². The molecule has 1 fully saturated rings. The molecule has 2 amide bonds. The molecule has 3 aromatic carbocycles. The summed E-state index contributed by atoms with van der Waals surface area (Å²) in [5.74, 6) is -0.321. The third-order valence-electron chi connectivity index (χ3n) is 4.84. The maximum absolute atomic E-state index is 13.1. The van der Waals surface area contributed by atoms with Gasteiger partial charge in [0, 0.05) is 0 Å².